The number of hydrogen-bond acceptors (Lipinski definition) is 5. The summed E-state index contributed by atoms with van der Waals surface area (Å²) in [6.45, 7) is 4.04. The number of amides is 1. The van der Waals surface area contributed by atoms with Crippen LogP contribution < -0.4 is 5.32 Å². The summed E-state index contributed by atoms with van der Waals surface area (Å²) < 4.78 is 0. The van der Waals surface area contributed by atoms with Crippen LogP contribution in [0.5, 0.6) is 0 Å². The third kappa shape index (κ3) is 43.6. The second kappa shape index (κ2) is 49.5. The van der Waals surface area contributed by atoms with Crippen LogP contribution in [0.4, 0.5) is 0 Å². The largest absolute Gasteiger partial charge is 0.394 e. The minimum absolute atomic E-state index is 0.361. The van der Waals surface area contributed by atoms with Crippen LogP contribution in [0.25, 0.3) is 0 Å². The van der Waals surface area contributed by atoms with Gasteiger partial charge in [-0.3, -0.25) is 4.79 Å². The Morgan fingerprint density at radius 1 is 0.393 bits per heavy atom. The highest BCUT2D eigenvalue weighted by molar-refractivity contribution is 5.80. The Balaban J connectivity index is 3.63. The van der Waals surface area contributed by atoms with Crippen LogP contribution in [0.3, 0.4) is 0 Å². The maximum atomic E-state index is 12.6. The van der Waals surface area contributed by atoms with Crippen LogP contribution >= 0.6 is 0 Å². The van der Waals surface area contributed by atoms with Gasteiger partial charge < -0.3 is 25.7 Å². The first-order valence-electron chi connectivity index (χ1n) is 26.9. The zero-order valence-corrected chi connectivity index (χ0v) is 40.7. The van der Waals surface area contributed by atoms with Gasteiger partial charge in [0.25, 0.3) is 0 Å². The standard InChI is InChI=1S/C55H105NO5/c1-3-5-7-9-11-13-15-17-19-20-21-22-23-24-25-26-27-28-29-30-31-32-33-35-37-39-41-43-45-47-49-53(59)55(61)56-51(50-57)54(60)52(58)48-46-44-42-40-38-36-34-18-16-14-12-10-8-6-4-2/h18,24-25,34,40,42,51-54,57-60H,3-17,19-23,26-33,35-39,41,43-50H2,1-2H3,(H,56,61)/b25-24-,34-18+,42-40+. The summed E-state index contributed by atoms with van der Waals surface area (Å²) >= 11 is 0. The Bertz CT molecular complexity index is 966. The van der Waals surface area contributed by atoms with E-state index in [1.165, 1.54) is 205 Å². The monoisotopic (exact) mass is 860 g/mol. The van der Waals surface area contributed by atoms with Crippen LogP contribution in [0.2, 0.25) is 0 Å². The van der Waals surface area contributed by atoms with E-state index in [1.807, 2.05) is 0 Å². The van der Waals surface area contributed by atoms with Crippen molar-refractivity contribution >= 4 is 5.91 Å². The molecular formula is C55H105NO5. The number of carbonyl (C=O) groups is 1. The maximum absolute atomic E-state index is 12.6. The van der Waals surface area contributed by atoms with Crippen molar-refractivity contribution in [1.82, 2.24) is 5.32 Å². The lowest BCUT2D eigenvalue weighted by atomic mass is 10.00. The molecule has 0 aliphatic carbocycles. The molecule has 5 N–H and O–H groups in total. The SMILES string of the molecule is CCCCCCCC/C=C/CC/C=C/CCCC(O)C(O)C(CO)NC(=O)C(O)CCCCCCCCCCCCCCCC/C=C\CCCCCCCCCCCCCC. The van der Waals surface area contributed by atoms with Crippen molar-refractivity contribution in [3.05, 3.63) is 36.5 Å². The lowest BCUT2D eigenvalue weighted by molar-refractivity contribution is -0.132. The second-order valence-electron chi connectivity index (χ2n) is 18.6. The van der Waals surface area contributed by atoms with Crippen LogP contribution in [0, 0.1) is 0 Å². The molecule has 0 rings (SSSR count). The van der Waals surface area contributed by atoms with Gasteiger partial charge in [0.15, 0.2) is 0 Å². The lowest BCUT2D eigenvalue weighted by Gasteiger charge is -2.27. The summed E-state index contributed by atoms with van der Waals surface area (Å²) in [5.74, 6) is -0.596. The number of unbranched alkanes of at least 4 members (excludes halogenated alkanes) is 34. The van der Waals surface area contributed by atoms with Crippen LogP contribution in [-0.2, 0) is 4.79 Å². The Morgan fingerprint density at radius 3 is 1.03 bits per heavy atom. The Kier molecular flexibility index (Phi) is 48.3. The van der Waals surface area contributed by atoms with Gasteiger partial charge in [-0.1, -0.05) is 237 Å². The van der Waals surface area contributed by atoms with E-state index in [0.717, 1.165) is 38.5 Å². The van der Waals surface area contributed by atoms with E-state index in [4.69, 9.17) is 0 Å². The van der Waals surface area contributed by atoms with E-state index in [1.54, 1.807) is 0 Å². The topological polar surface area (TPSA) is 110 Å². The molecule has 6 nitrogen and oxygen atoms in total. The maximum Gasteiger partial charge on any atom is 0.249 e. The number of aliphatic hydroxyl groups excluding tert-OH is 4. The zero-order valence-electron chi connectivity index (χ0n) is 40.7. The molecule has 0 saturated heterocycles. The second-order valence-corrected chi connectivity index (χ2v) is 18.6. The van der Waals surface area contributed by atoms with Gasteiger partial charge >= 0.3 is 0 Å². The molecule has 4 unspecified atom stereocenters. The molecule has 0 heterocycles. The van der Waals surface area contributed by atoms with Crippen molar-refractivity contribution in [2.24, 2.45) is 0 Å². The summed E-state index contributed by atoms with van der Waals surface area (Å²) in [4.78, 5) is 12.6. The molecular weight excluding hydrogens is 755 g/mol. The zero-order chi connectivity index (χ0) is 44.5. The molecule has 0 aromatic carbocycles. The molecule has 0 saturated carbocycles. The molecule has 0 aliphatic heterocycles. The highest BCUT2D eigenvalue weighted by Crippen LogP contribution is 2.17. The number of rotatable bonds is 49. The number of hydrogen-bond donors (Lipinski definition) is 5. The number of carbonyl (C=O) groups excluding carboxylic acids is 1. The number of allylic oxidation sites excluding steroid dienone is 6. The van der Waals surface area contributed by atoms with E-state index >= 15 is 0 Å². The summed E-state index contributed by atoms with van der Waals surface area (Å²) in [5, 5.41) is 43.8. The van der Waals surface area contributed by atoms with E-state index in [-0.39, 0.29) is 0 Å². The van der Waals surface area contributed by atoms with Crippen molar-refractivity contribution in [3.8, 4) is 0 Å². The summed E-state index contributed by atoms with van der Waals surface area (Å²) in [5.41, 5.74) is 0. The van der Waals surface area contributed by atoms with Gasteiger partial charge in [0.1, 0.15) is 12.2 Å². The molecule has 0 aromatic heterocycles. The fraction of sp³-hybridized carbons (Fsp3) is 0.873. The van der Waals surface area contributed by atoms with Crippen molar-refractivity contribution in [2.75, 3.05) is 6.61 Å². The molecule has 4 atom stereocenters. The van der Waals surface area contributed by atoms with Gasteiger partial charge in [-0.25, -0.2) is 0 Å². The molecule has 0 aliphatic rings. The van der Waals surface area contributed by atoms with Gasteiger partial charge in [-0.2, -0.15) is 0 Å². The lowest BCUT2D eigenvalue weighted by Crippen LogP contribution is -2.53. The fourth-order valence-electron chi connectivity index (χ4n) is 8.30. The Hall–Kier alpha value is -1.47. The highest BCUT2D eigenvalue weighted by atomic mass is 16.3. The molecule has 0 spiro atoms. The average Bonchev–Trinajstić information content (AvgIpc) is 3.26. The molecule has 360 valence electrons. The van der Waals surface area contributed by atoms with E-state index in [2.05, 4.69) is 55.6 Å². The summed E-state index contributed by atoms with van der Waals surface area (Å²) in [6, 6.07) is -1.01. The van der Waals surface area contributed by atoms with Gasteiger partial charge in [-0.05, 0) is 77.0 Å². The molecule has 61 heavy (non-hydrogen) atoms. The van der Waals surface area contributed by atoms with Gasteiger partial charge in [-0.15, -0.1) is 0 Å². The van der Waals surface area contributed by atoms with Crippen LogP contribution in [0.15, 0.2) is 36.5 Å². The van der Waals surface area contributed by atoms with Crippen molar-refractivity contribution < 1.29 is 25.2 Å². The minimum Gasteiger partial charge on any atom is -0.394 e. The molecule has 6 heteroatoms. The molecule has 0 fully saturated rings. The number of aliphatic hydroxyl groups is 4. The fourth-order valence-corrected chi connectivity index (χ4v) is 8.30. The third-order valence-corrected chi connectivity index (χ3v) is 12.6. The van der Waals surface area contributed by atoms with Crippen molar-refractivity contribution in [2.45, 2.75) is 301 Å². The van der Waals surface area contributed by atoms with Gasteiger partial charge in [0.2, 0.25) is 5.91 Å². The quantitative estimate of drug-likeness (QED) is 0.0309. The summed E-state index contributed by atoms with van der Waals surface area (Å²) in [7, 11) is 0. The average molecular weight is 860 g/mol. The van der Waals surface area contributed by atoms with E-state index in [9.17, 15) is 25.2 Å². The third-order valence-electron chi connectivity index (χ3n) is 12.6. The molecule has 0 radical (unpaired) electrons. The van der Waals surface area contributed by atoms with Gasteiger partial charge in [0, 0.05) is 0 Å². The molecule has 0 aromatic rings. The smallest absolute Gasteiger partial charge is 0.249 e. The molecule has 0 bridgehead atoms. The first kappa shape index (κ1) is 59.5. The minimum atomic E-state index is -1.29. The van der Waals surface area contributed by atoms with E-state index in [0.29, 0.717) is 19.3 Å². The Labute approximate surface area is 379 Å². The van der Waals surface area contributed by atoms with Gasteiger partial charge in [0.05, 0.1) is 18.8 Å². The van der Waals surface area contributed by atoms with Crippen molar-refractivity contribution in [1.29, 1.82) is 0 Å². The van der Waals surface area contributed by atoms with Crippen LogP contribution in [-0.4, -0.2) is 57.3 Å². The molecule has 1 amide bonds. The van der Waals surface area contributed by atoms with Crippen LogP contribution in [0.1, 0.15) is 277 Å². The summed E-state index contributed by atoms with van der Waals surface area (Å²) in [6.07, 6.45) is 60.7. The van der Waals surface area contributed by atoms with E-state index < -0.39 is 36.9 Å². The first-order chi connectivity index (χ1) is 30.0. The Morgan fingerprint density at radius 2 is 0.689 bits per heavy atom. The predicted octanol–water partition coefficient (Wildman–Crippen LogP) is 15.2. The predicted molar refractivity (Wildman–Crippen MR) is 265 cm³/mol. The number of nitrogens with one attached hydrogen (secondary N) is 1. The first-order valence-corrected chi connectivity index (χ1v) is 26.9. The highest BCUT2D eigenvalue weighted by Gasteiger charge is 2.28. The van der Waals surface area contributed by atoms with Crippen molar-refractivity contribution in [3.63, 3.8) is 0 Å². The normalized spacial score (nSPS) is 14.1.